The zero-order valence-electron chi connectivity index (χ0n) is 16.0. The number of benzene rings is 1. The van der Waals surface area contributed by atoms with Crippen molar-refractivity contribution in [3.63, 3.8) is 0 Å². The molecule has 1 atom stereocenters. The van der Waals surface area contributed by atoms with Crippen LogP contribution in [0.4, 0.5) is 4.39 Å². The molecule has 0 aromatic heterocycles. The smallest absolute Gasteiger partial charge is 0.268 e. The molecule has 0 saturated heterocycles. The zero-order chi connectivity index (χ0) is 20.2. The lowest BCUT2D eigenvalue weighted by Gasteiger charge is -2.25. The van der Waals surface area contributed by atoms with Gasteiger partial charge < -0.3 is 10.6 Å². The van der Waals surface area contributed by atoms with E-state index >= 15 is 0 Å². The van der Waals surface area contributed by atoms with Crippen molar-refractivity contribution in [1.29, 1.82) is 0 Å². The molecular formula is C19H25FN4O3. The third-order valence-corrected chi connectivity index (χ3v) is 3.85. The third kappa shape index (κ3) is 6.16. The van der Waals surface area contributed by atoms with E-state index in [0.29, 0.717) is 5.56 Å². The molecule has 2 N–H and O–H groups in total. The molecule has 7 nitrogen and oxygen atoms in total. The van der Waals surface area contributed by atoms with Crippen molar-refractivity contribution < 1.29 is 18.8 Å². The van der Waals surface area contributed by atoms with Crippen molar-refractivity contribution in [3.8, 4) is 0 Å². The molecule has 0 saturated carbocycles. The normalized spacial score (nSPS) is 15.8. The van der Waals surface area contributed by atoms with E-state index in [1.54, 1.807) is 19.1 Å². The number of amides is 3. The SMILES string of the molecule is CC(NC(=O)C1=NN(Cc2ccc(F)cc2)C(=O)CC1)C(=O)NC(C)(C)C. The minimum absolute atomic E-state index is 0.149. The molecule has 0 radical (unpaired) electrons. The first-order chi connectivity index (χ1) is 12.5. The first-order valence-electron chi connectivity index (χ1n) is 8.80. The standard InChI is InChI=1S/C19H25FN4O3/c1-12(17(26)22-19(2,3)4)21-18(27)15-9-10-16(25)24(23-15)11-13-5-7-14(20)8-6-13/h5-8,12H,9-11H2,1-4H3,(H,21,27)(H,22,26). The van der Waals surface area contributed by atoms with Crippen LogP contribution >= 0.6 is 0 Å². The van der Waals surface area contributed by atoms with Gasteiger partial charge in [0.1, 0.15) is 17.6 Å². The lowest BCUT2D eigenvalue weighted by Crippen LogP contribution is -2.52. The summed E-state index contributed by atoms with van der Waals surface area (Å²) in [6.45, 7) is 7.29. The van der Waals surface area contributed by atoms with Crippen LogP contribution in [0.3, 0.4) is 0 Å². The maximum absolute atomic E-state index is 13.0. The summed E-state index contributed by atoms with van der Waals surface area (Å²) in [5.41, 5.74) is 0.483. The van der Waals surface area contributed by atoms with E-state index < -0.39 is 17.5 Å². The summed E-state index contributed by atoms with van der Waals surface area (Å²) in [5.74, 6) is -1.36. The summed E-state index contributed by atoms with van der Waals surface area (Å²) in [7, 11) is 0. The minimum Gasteiger partial charge on any atom is -0.350 e. The number of carbonyl (C=O) groups excluding carboxylic acids is 3. The van der Waals surface area contributed by atoms with Crippen LogP contribution in [0.1, 0.15) is 46.1 Å². The van der Waals surface area contributed by atoms with Crippen molar-refractivity contribution in [3.05, 3.63) is 35.6 Å². The van der Waals surface area contributed by atoms with Gasteiger partial charge in [0.05, 0.1) is 6.54 Å². The van der Waals surface area contributed by atoms with Crippen LogP contribution in [0.5, 0.6) is 0 Å². The number of hydrazone groups is 1. The van der Waals surface area contributed by atoms with Gasteiger partial charge >= 0.3 is 0 Å². The van der Waals surface area contributed by atoms with E-state index in [9.17, 15) is 18.8 Å². The number of nitrogens with zero attached hydrogens (tertiary/aromatic N) is 2. The Bertz CT molecular complexity index is 753. The van der Waals surface area contributed by atoms with Crippen LogP contribution in [0.15, 0.2) is 29.4 Å². The summed E-state index contributed by atoms with van der Waals surface area (Å²) in [4.78, 5) is 36.6. The predicted molar refractivity (Wildman–Crippen MR) is 99.1 cm³/mol. The van der Waals surface area contributed by atoms with Gasteiger partial charge in [0.15, 0.2) is 0 Å². The van der Waals surface area contributed by atoms with Crippen molar-refractivity contribution in [2.24, 2.45) is 5.10 Å². The lowest BCUT2D eigenvalue weighted by atomic mass is 10.1. The van der Waals surface area contributed by atoms with Gasteiger partial charge in [-0.2, -0.15) is 5.10 Å². The second kappa shape index (κ2) is 8.28. The second-order valence-corrected chi connectivity index (χ2v) is 7.56. The van der Waals surface area contributed by atoms with Gasteiger partial charge in [0.2, 0.25) is 11.8 Å². The highest BCUT2D eigenvalue weighted by molar-refractivity contribution is 6.39. The lowest BCUT2D eigenvalue weighted by molar-refractivity contribution is -0.132. The summed E-state index contributed by atoms with van der Waals surface area (Å²) < 4.78 is 13.0. The number of carbonyl (C=O) groups is 3. The summed E-state index contributed by atoms with van der Waals surface area (Å²) in [6.07, 6.45) is 0.355. The largest absolute Gasteiger partial charge is 0.350 e. The maximum Gasteiger partial charge on any atom is 0.268 e. The number of halogens is 1. The topological polar surface area (TPSA) is 90.9 Å². The summed E-state index contributed by atoms with van der Waals surface area (Å²) >= 11 is 0. The molecule has 146 valence electrons. The molecule has 1 aromatic carbocycles. The minimum atomic E-state index is -0.734. The van der Waals surface area contributed by atoms with Gasteiger partial charge in [-0.05, 0) is 45.4 Å². The van der Waals surface area contributed by atoms with Crippen molar-refractivity contribution in [1.82, 2.24) is 15.6 Å². The maximum atomic E-state index is 13.0. The Morgan fingerprint density at radius 3 is 2.44 bits per heavy atom. The number of nitrogens with one attached hydrogen (secondary N) is 2. The number of hydrogen-bond donors (Lipinski definition) is 2. The van der Waals surface area contributed by atoms with Crippen molar-refractivity contribution in [2.75, 3.05) is 0 Å². The Labute approximate surface area is 158 Å². The Balaban J connectivity index is 2.03. The zero-order valence-corrected chi connectivity index (χ0v) is 16.0. The Morgan fingerprint density at radius 1 is 1.22 bits per heavy atom. The molecule has 27 heavy (non-hydrogen) atoms. The van der Waals surface area contributed by atoms with E-state index in [2.05, 4.69) is 15.7 Å². The fraction of sp³-hybridized carbons (Fsp3) is 0.474. The van der Waals surface area contributed by atoms with Crippen LogP contribution in [0.2, 0.25) is 0 Å². The van der Waals surface area contributed by atoms with Crippen molar-refractivity contribution >= 4 is 23.4 Å². The average Bonchev–Trinajstić information content (AvgIpc) is 2.57. The van der Waals surface area contributed by atoms with Gasteiger partial charge in [-0.15, -0.1) is 0 Å². The van der Waals surface area contributed by atoms with Gasteiger partial charge in [-0.3, -0.25) is 14.4 Å². The fourth-order valence-corrected chi connectivity index (χ4v) is 2.47. The molecular weight excluding hydrogens is 351 g/mol. The fourth-order valence-electron chi connectivity index (χ4n) is 2.47. The Morgan fingerprint density at radius 2 is 1.85 bits per heavy atom. The second-order valence-electron chi connectivity index (χ2n) is 7.56. The number of hydrogen-bond acceptors (Lipinski definition) is 4. The highest BCUT2D eigenvalue weighted by Gasteiger charge is 2.27. The molecule has 3 amide bonds. The monoisotopic (exact) mass is 376 g/mol. The van der Waals surface area contributed by atoms with Gasteiger partial charge in [0, 0.05) is 18.4 Å². The van der Waals surface area contributed by atoms with Gasteiger partial charge in [-0.25, -0.2) is 9.40 Å². The first-order valence-corrected chi connectivity index (χ1v) is 8.80. The molecule has 2 rings (SSSR count). The van der Waals surface area contributed by atoms with Crippen LogP contribution < -0.4 is 10.6 Å². The molecule has 0 spiro atoms. The molecule has 0 fully saturated rings. The average molecular weight is 376 g/mol. The van der Waals surface area contributed by atoms with E-state index in [1.165, 1.54) is 17.1 Å². The predicted octanol–water partition coefficient (Wildman–Crippen LogP) is 1.72. The van der Waals surface area contributed by atoms with E-state index in [4.69, 9.17) is 0 Å². The molecule has 1 aliphatic heterocycles. The quantitative estimate of drug-likeness (QED) is 0.820. The molecule has 0 bridgehead atoms. The molecule has 8 heteroatoms. The molecule has 1 aromatic rings. The van der Waals surface area contributed by atoms with Gasteiger partial charge in [-0.1, -0.05) is 12.1 Å². The van der Waals surface area contributed by atoms with Gasteiger partial charge in [0.25, 0.3) is 5.91 Å². The third-order valence-electron chi connectivity index (χ3n) is 3.85. The highest BCUT2D eigenvalue weighted by atomic mass is 19.1. The molecule has 1 aliphatic rings. The van der Waals surface area contributed by atoms with Crippen LogP contribution in [0, 0.1) is 5.82 Å². The Kier molecular flexibility index (Phi) is 6.30. The van der Waals surface area contributed by atoms with Crippen LogP contribution in [-0.4, -0.2) is 40.0 Å². The van der Waals surface area contributed by atoms with Crippen LogP contribution in [-0.2, 0) is 20.9 Å². The van der Waals surface area contributed by atoms with Crippen molar-refractivity contribution in [2.45, 2.75) is 58.7 Å². The highest BCUT2D eigenvalue weighted by Crippen LogP contribution is 2.14. The molecule has 1 unspecified atom stereocenters. The molecule has 1 heterocycles. The first kappa shape index (κ1) is 20.5. The van der Waals surface area contributed by atoms with Crippen LogP contribution in [0.25, 0.3) is 0 Å². The van der Waals surface area contributed by atoms with E-state index in [0.717, 1.165) is 0 Å². The number of rotatable bonds is 5. The van der Waals surface area contributed by atoms with E-state index in [-0.39, 0.29) is 42.7 Å². The van der Waals surface area contributed by atoms with E-state index in [1.807, 2.05) is 20.8 Å². The summed E-state index contributed by atoms with van der Waals surface area (Å²) in [5, 5.41) is 10.7. The molecule has 0 aliphatic carbocycles. The summed E-state index contributed by atoms with van der Waals surface area (Å²) in [6, 6.07) is 4.99. The Hall–Kier alpha value is -2.77.